The monoisotopic (exact) mass is 221 g/mol. The number of aliphatic hydroxyl groups excluding tert-OH is 1. The summed E-state index contributed by atoms with van der Waals surface area (Å²) in [4.78, 5) is 10.2. The predicted molar refractivity (Wildman–Crippen MR) is 60.5 cm³/mol. The second kappa shape index (κ2) is 4.44. The number of nitrogen functional groups attached to an aromatic ring is 1. The Balaban J connectivity index is 2.11. The average molecular weight is 221 g/mol. The van der Waals surface area contributed by atoms with Crippen molar-refractivity contribution in [1.29, 1.82) is 5.41 Å². The summed E-state index contributed by atoms with van der Waals surface area (Å²) in [5, 5.41) is 16.7. The summed E-state index contributed by atoms with van der Waals surface area (Å²) in [7, 11) is 0. The van der Waals surface area contributed by atoms with Crippen molar-refractivity contribution in [2.24, 2.45) is 5.73 Å². The second-order valence-electron chi connectivity index (χ2n) is 3.92. The van der Waals surface area contributed by atoms with Gasteiger partial charge >= 0.3 is 0 Å². The zero-order valence-corrected chi connectivity index (χ0v) is 8.93. The van der Waals surface area contributed by atoms with Gasteiger partial charge in [-0.25, -0.2) is 9.97 Å². The molecule has 16 heavy (non-hydrogen) atoms. The van der Waals surface area contributed by atoms with E-state index in [0.717, 1.165) is 25.2 Å². The summed E-state index contributed by atoms with van der Waals surface area (Å²) in [5.74, 6) is 0.640. The van der Waals surface area contributed by atoms with Gasteiger partial charge in [0, 0.05) is 13.1 Å². The summed E-state index contributed by atoms with van der Waals surface area (Å²) in [6, 6.07) is 0. The van der Waals surface area contributed by atoms with Crippen LogP contribution in [-0.4, -0.2) is 40.1 Å². The molecule has 0 saturated carbocycles. The van der Waals surface area contributed by atoms with E-state index in [1.165, 1.54) is 6.20 Å². The van der Waals surface area contributed by atoms with Crippen molar-refractivity contribution in [3.8, 4) is 0 Å². The average Bonchev–Trinajstić information content (AvgIpc) is 2.29. The molecule has 1 aromatic heterocycles. The number of β-amino-alcohol motifs (C(OH)–C–C–N with tert-alkyl or cyclic N) is 1. The Labute approximate surface area is 93.6 Å². The fourth-order valence-corrected chi connectivity index (χ4v) is 1.79. The molecule has 86 valence electrons. The lowest BCUT2D eigenvalue weighted by Gasteiger charge is -2.30. The van der Waals surface area contributed by atoms with Gasteiger partial charge in [0.1, 0.15) is 17.3 Å². The number of aromatic nitrogens is 2. The number of hydrogen-bond donors (Lipinski definition) is 3. The van der Waals surface area contributed by atoms with E-state index in [9.17, 15) is 5.11 Å². The number of amidine groups is 1. The van der Waals surface area contributed by atoms with Crippen LogP contribution in [0.1, 0.15) is 18.5 Å². The van der Waals surface area contributed by atoms with Gasteiger partial charge in [-0.05, 0) is 12.8 Å². The van der Waals surface area contributed by atoms with Gasteiger partial charge in [-0.2, -0.15) is 0 Å². The second-order valence-corrected chi connectivity index (χ2v) is 3.92. The molecule has 1 aliphatic heterocycles. The van der Waals surface area contributed by atoms with E-state index in [0.29, 0.717) is 12.2 Å². The largest absolute Gasteiger partial charge is 0.391 e. The molecule has 6 heteroatoms. The molecule has 1 unspecified atom stereocenters. The number of anilines is 1. The minimum Gasteiger partial charge on any atom is -0.391 e. The van der Waals surface area contributed by atoms with Crippen molar-refractivity contribution in [2.45, 2.75) is 18.9 Å². The smallest absolute Gasteiger partial charge is 0.147 e. The highest BCUT2D eigenvalue weighted by Crippen LogP contribution is 2.16. The maximum atomic E-state index is 9.54. The van der Waals surface area contributed by atoms with Crippen LogP contribution < -0.4 is 10.6 Å². The number of nitrogens with one attached hydrogen (secondary N) is 1. The maximum absolute atomic E-state index is 9.54. The lowest BCUT2D eigenvalue weighted by atomic mass is 10.1. The Bertz CT molecular complexity index is 377. The van der Waals surface area contributed by atoms with E-state index in [1.807, 2.05) is 4.90 Å². The Hall–Kier alpha value is -1.69. The zero-order chi connectivity index (χ0) is 11.5. The van der Waals surface area contributed by atoms with Crippen LogP contribution in [0.25, 0.3) is 0 Å². The quantitative estimate of drug-likeness (QED) is 0.471. The Morgan fingerprint density at radius 3 is 2.88 bits per heavy atom. The van der Waals surface area contributed by atoms with Crippen molar-refractivity contribution in [3.05, 3.63) is 18.1 Å². The van der Waals surface area contributed by atoms with Crippen molar-refractivity contribution >= 4 is 11.7 Å². The van der Waals surface area contributed by atoms with Gasteiger partial charge in [-0.3, -0.25) is 5.41 Å². The SMILES string of the molecule is N=C(N)c1cnc(N2CCCC(O)C2)cn1. The first kappa shape index (κ1) is 10.8. The fraction of sp³-hybridized carbons (Fsp3) is 0.500. The van der Waals surface area contributed by atoms with Gasteiger partial charge in [-0.1, -0.05) is 0 Å². The third kappa shape index (κ3) is 2.27. The number of aliphatic hydroxyl groups is 1. The van der Waals surface area contributed by atoms with Gasteiger partial charge in [0.25, 0.3) is 0 Å². The third-order valence-electron chi connectivity index (χ3n) is 2.63. The lowest BCUT2D eigenvalue weighted by molar-refractivity contribution is 0.154. The molecule has 1 aromatic rings. The van der Waals surface area contributed by atoms with Crippen LogP contribution in [0.15, 0.2) is 12.4 Å². The van der Waals surface area contributed by atoms with Gasteiger partial charge < -0.3 is 15.7 Å². The molecule has 2 heterocycles. The summed E-state index contributed by atoms with van der Waals surface area (Å²) in [6.07, 6.45) is 4.59. The Kier molecular flexibility index (Phi) is 3.00. The summed E-state index contributed by atoms with van der Waals surface area (Å²) in [5.41, 5.74) is 5.67. The molecule has 0 aliphatic carbocycles. The van der Waals surface area contributed by atoms with E-state index < -0.39 is 0 Å². The van der Waals surface area contributed by atoms with Crippen LogP contribution in [0.5, 0.6) is 0 Å². The summed E-state index contributed by atoms with van der Waals surface area (Å²) in [6.45, 7) is 1.47. The number of nitrogens with zero attached hydrogens (tertiary/aromatic N) is 3. The van der Waals surface area contributed by atoms with Gasteiger partial charge in [0.05, 0.1) is 18.5 Å². The minimum atomic E-state index is -0.289. The van der Waals surface area contributed by atoms with E-state index in [4.69, 9.17) is 11.1 Å². The first-order chi connectivity index (χ1) is 7.66. The maximum Gasteiger partial charge on any atom is 0.147 e. The lowest BCUT2D eigenvalue weighted by Crippen LogP contribution is -2.38. The normalized spacial score (nSPS) is 20.8. The van der Waals surface area contributed by atoms with E-state index in [-0.39, 0.29) is 11.9 Å². The molecule has 0 spiro atoms. The molecule has 0 bridgehead atoms. The highest BCUT2D eigenvalue weighted by atomic mass is 16.3. The van der Waals surface area contributed by atoms with Crippen LogP contribution in [0.3, 0.4) is 0 Å². The highest BCUT2D eigenvalue weighted by molar-refractivity contribution is 5.92. The first-order valence-electron chi connectivity index (χ1n) is 5.26. The molecule has 1 atom stereocenters. The predicted octanol–water partition coefficient (Wildman–Crippen LogP) is -0.278. The molecule has 0 aromatic carbocycles. The van der Waals surface area contributed by atoms with Crippen LogP contribution in [0.4, 0.5) is 5.82 Å². The van der Waals surface area contributed by atoms with Crippen molar-refractivity contribution < 1.29 is 5.11 Å². The fourth-order valence-electron chi connectivity index (χ4n) is 1.79. The molecule has 1 aliphatic rings. The number of rotatable bonds is 2. The molecule has 0 amide bonds. The molecule has 1 fully saturated rings. The van der Waals surface area contributed by atoms with E-state index in [1.54, 1.807) is 6.20 Å². The van der Waals surface area contributed by atoms with Crippen molar-refractivity contribution in [3.63, 3.8) is 0 Å². The van der Waals surface area contributed by atoms with Crippen LogP contribution in [0.2, 0.25) is 0 Å². The van der Waals surface area contributed by atoms with E-state index in [2.05, 4.69) is 9.97 Å². The van der Waals surface area contributed by atoms with Crippen LogP contribution >= 0.6 is 0 Å². The Morgan fingerprint density at radius 2 is 2.31 bits per heavy atom. The molecule has 0 radical (unpaired) electrons. The highest BCUT2D eigenvalue weighted by Gasteiger charge is 2.18. The number of nitrogens with two attached hydrogens (primary N) is 1. The zero-order valence-electron chi connectivity index (χ0n) is 8.93. The summed E-state index contributed by atoms with van der Waals surface area (Å²) >= 11 is 0. The summed E-state index contributed by atoms with van der Waals surface area (Å²) < 4.78 is 0. The molecular weight excluding hydrogens is 206 g/mol. The van der Waals surface area contributed by atoms with E-state index >= 15 is 0 Å². The van der Waals surface area contributed by atoms with Crippen LogP contribution in [-0.2, 0) is 0 Å². The molecule has 6 nitrogen and oxygen atoms in total. The topological polar surface area (TPSA) is 99.1 Å². The van der Waals surface area contributed by atoms with Crippen LogP contribution in [0, 0.1) is 5.41 Å². The standard InChI is InChI=1S/C10H15N5O/c11-10(12)8-4-14-9(5-13-8)15-3-1-2-7(16)6-15/h4-5,7,16H,1-3,6H2,(H3,11,12). The van der Waals surface area contributed by atoms with Crippen molar-refractivity contribution in [2.75, 3.05) is 18.0 Å². The molecule has 1 saturated heterocycles. The molecule has 2 rings (SSSR count). The Morgan fingerprint density at radius 1 is 1.50 bits per heavy atom. The van der Waals surface area contributed by atoms with Gasteiger partial charge in [0.15, 0.2) is 0 Å². The molecule has 4 N–H and O–H groups in total. The third-order valence-corrected chi connectivity index (χ3v) is 2.63. The van der Waals surface area contributed by atoms with Crippen molar-refractivity contribution in [1.82, 2.24) is 9.97 Å². The van der Waals surface area contributed by atoms with Gasteiger partial charge in [0.2, 0.25) is 0 Å². The molecular formula is C10H15N5O. The number of hydrogen-bond acceptors (Lipinski definition) is 5. The minimum absolute atomic E-state index is 0.0854. The first-order valence-corrected chi connectivity index (χ1v) is 5.26. The number of piperidine rings is 1. The van der Waals surface area contributed by atoms with Gasteiger partial charge in [-0.15, -0.1) is 0 Å².